The number of nitrogens with zero attached hydrogens (tertiary/aromatic N) is 1. The Morgan fingerprint density at radius 3 is 2.50 bits per heavy atom. The first kappa shape index (κ1) is 10.9. The van der Waals surface area contributed by atoms with Crippen LogP contribution in [0.5, 0.6) is 0 Å². The zero-order chi connectivity index (χ0) is 10.4. The van der Waals surface area contributed by atoms with Crippen LogP contribution in [0.15, 0.2) is 12.5 Å². The number of likely N-dealkylation sites (tertiary alicyclic amines) is 1. The molecule has 1 fully saturated rings. The number of piperidine rings is 1. The minimum Gasteiger partial charge on any atom is -0.495 e. The molecule has 78 valence electrons. The van der Waals surface area contributed by atoms with Crippen molar-refractivity contribution >= 4 is 0 Å². The van der Waals surface area contributed by atoms with Crippen LogP contribution >= 0.6 is 0 Å². The van der Waals surface area contributed by atoms with Crippen molar-refractivity contribution < 1.29 is 10.2 Å². The van der Waals surface area contributed by atoms with E-state index in [-0.39, 0.29) is 12.5 Å². The smallest absolute Gasteiger partial charge is 0.179 e. The molecule has 0 amide bonds. The summed E-state index contributed by atoms with van der Waals surface area (Å²) in [6.07, 6.45) is 2.94. The van der Waals surface area contributed by atoms with Crippen molar-refractivity contribution in [1.29, 1.82) is 0 Å². The van der Waals surface area contributed by atoms with Crippen LogP contribution in [0, 0.1) is 17.8 Å². The average Bonchev–Trinajstić information content (AvgIpc) is 2.19. The lowest BCUT2D eigenvalue weighted by molar-refractivity contribution is 0.151. The maximum Gasteiger partial charge on any atom is 0.179 e. The molecule has 0 bridgehead atoms. The van der Waals surface area contributed by atoms with Gasteiger partial charge in [0.25, 0.3) is 0 Å². The molecule has 0 aliphatic carbocycles. The average molecular weight is 195 g/mol. The van der Waals surface area contributed by atoms with Gasteiger partial charge in [0.2, 0.25) is 0 Å². The molecule has 0 aromatic carbocycles. The molecule has 0 unspecified atom stereocenters. The molecule has 0 aromatic rings. The van der Waals surface area contributed by atoms with Gasteiger partial charge in [-0.25, -0.2) is 0 Å². The Labute approximate surface area is 85.0 Å². The number of aliphatic hydroxyl groups excluding tert-OH is 2. The molecule has 1 aliphatic heterocycles. The Morgan fingerprint density at radius 1 is 1.36 bits per heavy atom. The van der Waals surface area contributed by atoms with E-state index in [1.807, 2.05) is 4.90 Å². The summed E-state index contributed by atoms with van der Waals surface area (Å²) >= 11 is 0. The molecule has 3 heteroatoms. The van der Waals surface area contributed by atoms with Crippen LogP contribution in [0.25, 0.3) is 0 Å². The fourth-order valence-corrected chi connectivity index (χ4v) is 1.67. The third kappa shape index (κ3) is 3.31. The highest BCUT2D eigenvalue weighted by atomic mass is 16.3. The second-order valence-corrected chi connectivity index (χ2v) is 3.56. The lowest BCUT2D eigenvalue weighted by Crippen LogP contribution is -2.32. The van der Waals surface area contributed by atoms with Gasteiger partial charge in [0.1, 0.15) is 6.61 Å². The highest BCUT2D eigenvalue weighted by Gasteiger charge is 2.18. The van der Waals surface area contributed by atoms with Crippen molar-refractivity contribution in [2.45, 2.75) is 19.3 Å². The summed E-state index contributed by atoms with van der Waals surface area (Å²) in [5.41, 5.74) is 0. The minimum atomic E-state index is -0.0493. The van der Waals surface area contributed by atoms with Crippen molar-refractivity contribution in [1.82, 2.24) is 4.90 Å². The third-order valence-electron chi connectivity index (χ3n) is 2.57. The normalized spacial score (nSPS) is 17.4. The first-order valence-electron chi connectivity index (χ1n) is 4.93. The van der Waals surface area contributed by atoms with Gasteiger partial charge < -0.3 is 15.1 Å². The van der Waals surface area contributed by atoms with Crippen molar-refractivity contribution in [3.8, 4) is 11.8 Å². The Kier molecular flexibility index (Phi) is 4.34. The Morgan fingerprint density at radius 2 is 2.00 bits per heavy atom. The van der Waals surface area contributed by atoms with Crippen molar-refractivity contribution in [2.75, 3.05) is 19.7 Å². The fraction of sp³-hybridized carbons (Fsp3) is 0.636. The zero-order valence-corrected chi connectivity index (χ0v) is 8.37. The van der Waals surface area contributed by atoms with Gasteiger partial charge in [-0.2, -0.15) is 0 Å². The summed E-state index contributed by atoms with van der Waals surface area (Å²) in [6.45, 7) is 5.17. The van der Waals surface area contributed by atoms with Crippen LogP contribution in [0.4, 0.5) is 0 Å². The van der Waals surface area contributed by atoms with E-state index in [1.54, 1.807) is 0 Å². The zero-order valence-electron chi connectivity index (χ0n) is 8.37. The lowest BCUT2D eigenvalue weighted by Gasteiger charge is -2.31. The highest BCUT2D eigenvalue weighted by molar-refractivity contribution is 5.00. The van der Waals surface area contributed by atoms with Gasteiger partial charge in [-0.15, -0.1) is 5.92 Å². The molecule has 14 heavy (non-hydrogen) atoms. The summed E-state index contributed by atoms with van der Waals surface area (Å²) in [5, 5.41) is 17.6. The summed E-state index contributed by atoms with van der Waals surface area (Å²) in [7, 11) is 0. The van der Waals surface area contributed by atoms with E-state index in [0.717, 1.165) is 32.4 Å². The molecular formula is C11H17NO2. The molecule has 1 rings (SSSR count). The quantitative estimate of drug-likeness (QED) is 0.512. The first-order valence-corrected chi connectivity index (χ1v) is 4.93. The lowest BCUT2D eigenvalue weighted by atomic mass is 9.94. The third-order valence-corrected chi connectivity index (χ3v) is 2.57. The summed E-state index contributed by atoms with van der Waals surface area (Å²) in [6, 6.07) is 0. The molecule has 1 saturated heterocycles. The molecule has 0 radical (unpaired) electrons. The Balaban J connectivity index is 2.25. The highest BCUT2D eigenvalue weighted by Crippen LogP contribution is 2.21. The first-order chi connectivity index (χ1) is 6.74. The number of hydrogen-bond acceptors (Lipinski definition) is 3. The van der Waals surface area contributed by atoms with Gasteiger partial charge in [0, 0.05) is 19.5 Å². The molecule has 0 aromatic heterocycles. The fourth-order valence-electron chi connectivity index (χ4n) is 1.67. The van der Waals surface area contributed by atoms with Crippen molar-refractivity contribution in [2.24, 2.45) is 5.92 Å². The molecule has 0 atom stereocenters. The van der Waals surface area contributed by atoms with Gasteiger partial charge in [-0.05, 0) is 25.3 Å². The van der Waals surface area contributed by atoms with Gasteiger partial charge >= 0.3 is 0 Å². The van der Waals surface area contributed by atoms with E-state index in [1.165, 1.54) is 0 Å². The van der Waals surface area contributed by atoms with Gasteiger partial charge in [0.05, 0.1) is 0 Å². The predicted molar refractivity (Wildman–Crippen MR) is 55.5 cm³/mol. The van der Waals surface area contributed by atoms with E-state index in [9.17, 15) is 0 Å². The molecule has 1 heterocycles. The molecule has 3 nitrogen and oxygen atoms in total. The summed E-state index contributed by atoms with van der Waals surface area (Å²) in [5.74, 6) is 6.37. The number of aliphatic hydroxyl groups is 2. The molecule has 1 aliphatic rings. The standard InChI is InChI=1S/C11H17NO2/c1-10(14)12-7-5-11(6-8-12)4-2-3-9-13/h11,13-14H,1,4-9H2. The van der Waals surface area contributed by atoms with Crippen LogP contribution < -0.4 is 0 Å². The van der Waals surface area contributed by atoms with Crippen LogP contribution in [-0.2, 0) is 0 Å². The maximum absolute atomic E-state index is 9.15. The van der Waals surface area contributed by atoms with E-state index in [0.29, 0.717) is 5.92 Å². The topological polar surface area (TPSA) is 43.7 Å². The van der Waals surface area contributed by atoms with Crippen LogP contribution in [0.1, 0.15) is 19.3 Å². The van der Waals surface area contributed by atoms with E-state index >= 15 is 0 Å². The number of hydrogen-bond donors (Lipinski definition) is 2. The van der Waals surface area contributed by atoms with Crippen LogP contribution in [0.3, 0.4) is 0 Å². The minimum absolute atomic E-state index is 0.0493. The van der Waals surface area contributed by atoms with E-state index < -0.39 is 0 Å². The summed E-state index contributed by atoms with van der Waals surface area (Å²) < 4.78 is 0. The van der Waals surface area contributed by atoms with Crippen LogP contribution in [-0.4, -0.2) is 34.8 Å². The predicted octanol–water partition coefficient (Wildman–Crippen LogP) is 1.11. The van der Waals surface area contributed by atoms with Gasteiger partial charge in [0.15, 0.2) is 5.88 Å². The molecule has 2 N–H and O–H groups in total. The largest absolute Gasteiger partial charge is 0.495 e. The Bertz CT molecular complexity index is 244. The molecule has 0 spiro atoms. The second kappa shape index (κ2) is 5.56. The molecule has 0 saturated carbocycles. The van der Waals surface area contributed by atoms with Gasteiger partial charge in [-0.1, -0.05) is 5.92 Å². The van der Waals surface area contributed by atoms with Crippen molar-refractivity contribution in [3.63, 3.8) is 0 Å². The maximum atomic E-state index is 9.15. The van der Waals surface area contributed by atoms with E-state index in [2.05, 4.69) is 18.4 Å². The Hall–Kier alpha value is -1.14. The summed E-state index contributed by atoms with van der Waals surface area (Å²) in [4.78, 5) is 1.88. The SMILES string of the molecule is C=C(O)N1CCC(CC#CCO)CC1. The van der Waals surface area contributed by atoms with Crippen molar-refractivity contribution in [3.05, 3.63) is 12.5 Å². The number of rotatable bonds is 2. The van der Waals surface area contributed by atoms with Crippen LogP contribution in [0.2, 0.25) is 0 Å². The molecular weight excluding hydrogens is 178 g/mol. The van der Waals surface area contributed by atoms with E-state index in [4.69, 9.17) is 10.2 Å². The second-order valence-electron chi connectivity index (χ2n) is 3.56. The monoisotopic (exact) mass is 195 g/mol. The van der Waals surface area contributed by atoms with Gasteiger partial charge in [-0.3, -0.25) is 0 Å².